The Hall–Kier alpha value is -3.33. The summed E-state index contributed by atoms with van der Waals surface area (Å²) < 4.78 is 90.8. The number of sulfone groups is 1. The predicted octanol–water partition coefficient (Wildman–Crippen LogP) is 1.86. The minimum absolute atomic E-state index is 0.00892. The molecule has 3 aromatic rings. The Balaban J connectivity index is 1.69. The average Bonchev–Trinajstić information content (AvgIpc) is 3.16. The van der Waals surface area contributed by atoms with Crippen LogP contribution in [0, 0.1) is 0 Å². The standard InChI is InChI=1S/C24H26N2O9S3/c1-34-19-7-11-21(12-8-19)37(30,31)25-17-3-5-18(6-4-17)26(23-15-36(28,29)16-24(23)27)38(32,33)22-13-9-20(35-2)10-14-22/h3-14,23-25,27H,15-16H2,1-2H3/t23-,24-/m1/s1. The molecule has 38 heavy (non-hydrogen) atoms. The molecule has 2 N–H and O–H groups in total. The van der Waals surface area contributed by atoms with Crippen LogP contribution in [-0.2, 0) is 29.9 Å². The first-order chi connectivity index (χ1) is 17.9. The number of hydrogen-bond acceptors (Lipinski definition) is 9. The van der Waals surface area contributed by atoms with Gasteiger partial charge in [-0.1, -0.05) is 0 Å². The molecule has 0 aliphatic carbocycles. The van der Waals surface area contributed by atoms with Gasteiger partial charge < -0.3 is 14.6 Å². The first kappa shape index (κ1) is 27.7. The Morgan fingerprint density at radius 3 is 1.74 bits per heavy atom. The van der Waals surface area contributed by atoms with E-state index >= 15 is 0 Å². The first-order valence-corrected chi connectivity index (χ1v) is 15.9. The van der Waals surface area contributed by atoms with Crippen molar-refractivity contribution in [2.24, 2.45) is 0 Å². The predicted molar refractivity (Wildman–Crippen MR) is 141 cm³/mol. The molecule has 1 saturated heterocycles. The summed E-state index contributed by atoms with van der Waals surface area (Å²) in [6.07, 6.45) is -1.46. The SMILES string of the molecule is COc1ccc(S(=O)(=O)Nc2ccc(N([C@@H]3CS(=O)(=O)C[C@H]3O)S(=O)(=O)c3ccc(OC)cc3)cc2)cc1. The minimum atomic E-state index is -4.34. The van der Waals surface area contributed by atoms with E-state index in [2.05, 4.69) is 4.72 Å². The average molecular weight is 583 g/mol. The van der Waals surface area contributed by atoms with E-state index in [1.807, 2.05) is 0 Å². The van der Waals surface area contributed by atoms with E-state index in [9.17, 15) is 30.4 Å². The number of sulfonamides is 2. The summed E-state index contributed by atoms with van der Waals surface area (Å²) in [5.41, 5.74) is 0.195. The number of nitrogens with one attached hydrogen (secondary N) is 1. The molecule has 1 aliphatic rings. The number of ether oxygens (including phenoxy) is 2. The largest absolute Gasteiger partial charge is 0.497 e. The van der Waals surface area contributed by atoms with Crippen molar-refractivity contribution in [3.63, 3.8) is 0 Å². The van der Waals surface area contributed by atoms with Crippen LogP contribution in [0.4, 0.5) is 11.4 Å². The lowest BCUT2D eigenvalue weighted by Crippen LogP contribution is -2.47. The van der Waals surface area contributed by atoms with Gasteiger partial charge in [0, 0.05) is 5.69 Å². The molecule has 0 unspecified atom stereocenters. The Bertz CT molecular complexity index is 1600. The van der Waals surface area contributed by atoms with E-state index in [0.717, 1.165) is 4.31 Å². The molecule has 14 heteroatoms. The van der Waals surface area contributed by atoms with Gasteiger partial charge >= 0.3 is 0 Å². The Morgan fingerprint density at radius 2 is 1.29 bits per heavy atom. The van der Waals surface area contributed by atoms with Crippen molar-refractivity contribution in [3.05, 3.63) is 72.8 Å². The summed E-state index contributed by atoms with van der Waals surface area (Å²) in [5, 5.41) is 10.5. The molecule has 1 aliphatic heterocycles. The van der Waals surface area contributed by atoms with Crippen molar-refractivity contribution in [1.29, 1.82) is 0 Å². The van der Waals surface area contributed by atoms with E-state index in [4.69, 9.17) is 9.47 Å². The van der Waals surface area contributed by atoms with Crippen molar-refractivity contribution >= 4 is 41.3 Å². The third kappa shape index (κ3) is 5.72. The zero-order valence-corrected chi connectivity index (χ0v) is 22.8. The fourth-order valence-electron chi connectivity index (χ4n) is 4.05. The van der Waals surface area contributed by atoms with Crippen LogP contribution >= 0.6 is 0 Å². The molecule has 0 saturated carbocycles. The first-order valence-electron chi connectivity index (χ1n) is 11.2. The summed E-state index contributed by atoms with van der Waals surface area (Å²) in [4.78, 5) is -0.149. The highest BCUT2D eigenvalue weighted by atomic mass is 32.2. The number of methoxy groups -OCH3 is 2. The van der Waals surface area contributed by atoms with Gasteiger partial charge in [0.2, 0.25) is 0 Å². The third-order valence-electron chi connectivity index (χ3n) is 5.95. The van der Waals surface area contributed by atoms with Gasteiger partial charge in [0.25, 0.3) is 20.0 Å². The highest BCUT2D eigenvalue weighted by Gasteiger charge is 2.45. The molecule has 4 rings (SSSR count). The second kappa shape index (κ2) is 10.4. The minimum Gasteiger partial charge on any atom is -0.497 e. The Labute approximate surface area is 221 Å². The van der Waals surface area contributed by atoms with E-state index in [1.165, 1.54) is 87.0 Å². The monoisotopic (exact) mass is 582 g/mol. The fourth-order valence-corrected chi connectivity index (χ4v) is 8.65. The van der Waals surface area contributed by atoms with Gasteiger partial charge in [0.15, 0.2) is 9.84 Å². The maximum Gasteiger partial charge on any atom is 0.264 e. The summed E-state index contributed by atoms with van der Waals surface area (Å²) in [5.74, 6) is -0.239. The van der Waals surface area contributed by atoms with Crippen molar-refractivity contribution in [1.82, 2.24) is 0 Å². The van der Waals surface area contributed by atoms with Crippen LogP contribution in [0.5, 0.6) is 11.5 Å². The molecule has 3 aromatic carbocycles. The third-order valence-corrected chi connectivity index (χ3v) is 10.9. The Kier molecular flexibility index (Phi) is 7.61. The van der Waals surface area contributed by atoms with Crippen molar-refractivity contribution in [2.75, 3.05) is 34.8 Å². The number of rotatable bonds is 9. The van der Waals surface area contributed by atoms with Crippen molar-refractivity contribution < 1.29 is 39.8 Å². The number of anilines is 2. The lowest BCUT2D eigenvalue weighted by Gasteiger charge is -2.31. The highest BCUT2D eigenvalue weighted by Crippen LogP contribution is 2.33. The maximum atomic E-state index is 13.7. The second-order valence-corrected chi connectivity index (χ2v) is 14.2. The van der Waals surface area contributed by atoms with E-state index in [1.54, 1.807) is 0 Å². The van der Waals surface area contributed by atoms with Crippen LogP contribution in [0.3, 0.4) is 0 Å². The molecule has 0 aromatic heterocycles. The van der Waals surface area contributed by atoms with Crippen LogP contribution in [-0.4, -0.2) is 68.2 Å². The summed E-state index contributed by atoms with van der Waals surface area (Å²) >= 11 is 0. The molecule has 2 atom stereocenters. The molecule has 11 nitrogen and oxygen atoms in total. The molecule has 0 spiro atoms. The highest BCUT2D eigenvalue weighted by molar-refractivity contribution is 7.93. The molecule has 1 heterocycles. The molecular formula is C24H26N2O9S3. The van der Waals surface area contributed by atoms with Crippen LogP contribution in [0.2, 0.25) is 0 Å². The van der Waals surface area contributed by atoms with Gasteiger partial charge in [0.1, 0.15) is 11.5 Å². The molecule has 0 radical (unpaired) electrons. The molecule has 0 amide bonds. The van der Waals surface area contributed by atoms with Gasteiger partial charge in [-0.25, -0.2) is 25.3 Å². The number of hydrogen-bond donors (Lipinski definition) is 2. The number of aliphatic hydroxyl groups is 1. The van der Waals surface area contributed by atoms with Gasteiger partial charge in [-0.2, -0.15) is 0 Å². The van der Waals surface area contributed by atoms with Crippen LogP contribution in [0.25, 0.3) is 0 Å². The Morgan fingerprint density at radius 1 is 0.789 bits per heavy atom. The van der Waals surface area contributed by atoms with Gasteiger partial charge in [0.05, 0.1) is 53.3 Å². The normalized spacial score (nSPS) is 19.0. The van der Waals surface area contributed by atoms with E-state index < -0.39 is 53.5 Å². The van der Waals surface area contributed by atoms with Gasteiger partial charge in [-0.15, -0.1) is 0 Å². The summed E-state index contributed by atoms with van der Waals surface area (Å²) in [6, 6.07) is 15.4. The van der Waals surface area contributed by atoms with Crippen LogP contribution in [0.15, 0.2) is 82.6 Å². The lowest BCUT2D eigenvalue weighted by atomic mass is 10.2. The molecule has 1 fully saturated rings. The van der Waals surface area contributed by atoms with Crippen molar-refractivity contribution in [2.45, 2.75) is 21.9 Å². The zero-order chi connectivity index (χ0) is 27.7. The molecule has 204 valence electrons. The molecule has 0 bridgehead atoms. The van der Waals surface area contributed by atoms with Gasteiger partial charge in [-0.05, 0) is 72.8 Å². The smallest absolute Gasteiger partial charge is 0.264 e. The quantitative estimate of drug-likeness (QED) is 0.384. The van der Waals surface area contributed by atoms with Gasteiger partial charge in [-0.3, -0.25) is 9.03 Å². The maximum absolute atomic E-state index is 13.7. The number of aliphatic hydroxyl groups excluding tert-OH is 1. The zero-order valence-electron chi connectivity index (χ0n) is 20.4. The number of benzene rings is 3. The summed E-state index contributed by atoms with van der Waals surface area (Å²) in [6.45, 7) is 0. The van der Waals surface area contributed by atoms with E-state index in [-0.39, 0.29) is 21.2 Å². The van der Waals surface area contributed by atoms with Crippen LogP contribution in [0.1, 0.15) is 0 Å². The van der Waals surface area contributed by atoms with Crippen LogP contribution < -0.4 is 18.5 Å². The van der Waals surface area contributed by atoms with E-state index in [0.29, 0.717) is 11.5 Å². The topological polar surface area (TPSA) is 156 Å². The summed E-state index contributed by atoms with van der Waals surface area (Å²) in [7, 11) is -9.10. The fraction of sp³-hybridized carbons (Fsp3) is 0.250. The molecular weight excluding hydrogens is 556 g/mol. The number of nitrogens with zero attached hydrogens (tertiary/aromatic N) is 1. The lowest BCUT2D eigenvalue weighted by molar-refractivity contribution is 0.184. The second-order valence-electron chi connectivity index (χ2n) is 8.52. The van der Waals surface area contributed by atoms with Crippen molar-refractivity contribution in [3.8, 4) is 11.5 Å².